The lowest BCUT2D eigenvalue weighted by atomic mass is 10.0. The molecular formula is C14H21N3O. The van der Waals surface area contributed by atoms with Crippen molar-refractivity contribution >= 4 is 5.78 Å². The molecule has 4 nitrogen and oxygen atoms in total. The van der Waals surface area contributed by atoms with E-state index in [2.05, 4.69) is 23.8 Å². The molecule has 0 aromatic carbocycles. The van der Waals surface area contributed by atoms with Crippen LogP contribution in [0.3, 0.4) is 0 Å². The molecular weight excluding hydrogens is 226 g/mol. The first-order chi connectivity index (χ1) is 8.45. The van der Waals surface area contributed by atoms with Gasteiger partial charge in [-0.05, 0) is 18.3 Å². The van der Waals surface area contributed by atoms with Crippen LogP contribution in [0.15, 0.2) is 11.0 Å². The topological polar surface area (TPSA) is 50.2 Å². The highest BCUT2D eigenvalue weighted by atomic mass is 16.1. The number of imidazole rings is 1. The minimum atomic E-state index is 0.0648. The first-order valence-electron chi connectivity index (χ1n) is 6.59. The number of aromatic nitrogens is 3. The zero-order valence-corrected chi connectivity index (χ0v) is 11.7. The summed E-state index contributed by atoms with van der Waals surface area (Å²) in [5.41, 5.74) is 2.86. The molecule has 0 amide bonds. The van der Waals surface area contributed by atoms with E-state index in [0.29, 0.717) is 11.7 Å². The van der Waals surface area contributed by atoms with Gasteiger partial charge in [0.2, 0.25) is 5.78 Å². The van der Waals surface area contributed by atoms with Gasteiger partial charge in [0.15, 0.2) is 0 Å². The third-order valence-electron chi connectivity index (χ3n) is 3.29. The summed E-state index contributed by atoms with van der Waals surface area (Å²) in [7, 11) is 0. The Kier molecular flexibility index (Phi) is 3.28. The predicted molar refractivity (Wildman–Crippen MR) is 73.4 cm³/mol. The minimum absolute atomic E-state index is 0.0648. The number of rotatable bonds is 3. The Labute approximate surface area is 107 Å². The quantitative estimate of drug-likeness (QED) is 0.906. The second-order valence-electron chi connectivity index (χ2n) is 5.34. The number of aromatic amines is 1. The standard InChI is InChI=1S/C14H21N3O/c1-6-10-12(9(4)5)13(18)17-7-11(8(2)3)16-14(17)15-10/h7-9H,6H2,1-5H3,(H,15,16). The van der Waals surface area contributed by atoms with Gasteiger partial charge in [-0.3, -0.25) is 9.20 Å². The van der Waals surface area contributed by atoms with E-state index in [1.807, 2.05) is 27.0 Å². The van der Waals surface area contributed by atoms with Gasteiger partial charge in [-0.25, -0.2) is 4.98 Å². The zero-order valence-electron chi connectivity index (χ0n) is 11.7. The molecule has 2 aromatic heterocycles. The van der Waals surface area contributed by atoms with E-state index in [1.54, 1.807) is 4.40 Å². The van der Waals surface area contributed by atoms with Crippen molar-refractivity contribution in [2.24, 2.45) is 0 Å². The Morgan fingerprint density at radius 2 is 1.94 bits per heavy atom. The van der Waals surface area contributed by atoms with E-state index >= 15 is 0 Å². The molecule has 0 spiro atoms. The Hall–Kier alpha value is -1.58. The molecule has 1 N–H and O–H groups in total. The van der Waals surface area contributed by atoms with Gasteiger partial charge in [0, 0.05) is 17.5 Å². The van der Waals surface area contributed by atoms with E-state index < -0.39 is 0 Å². The van der Waals surface area contributed by atoms with Gasteiger partial charge in [-0.2, -0.15) is 0 Å². The van der Waals surface area contributed by atoms with Crippen molar-refractivity contribution < 1.29 is 0 Å². The van der Waals surface area contributed by atoms with Crippen LogP contribution in [-0.4, -0.2) is 14.4 Å². The van der Waals surface area contributed by atoms with Crippen LogP contribution in [0.25, 0.3) is 5.78 Å². The molecule has 2 aromatic rings. The van der Waals surface area contributed by atoms with Crippen molar-refractivity contribution in [2.45, 2.75) is 52.9 Å². The van der Waals surface area contributed by atoms with E-state index in [0.717, 1.165) is 23.4 Å². The largest absolute Gasteiger partial charge is 0.327 e. The van der Waals surface area contributed by atoms with Gasteiger partial charge in [-0.1, -0.05) is 34.6 Å². The van der Waals surface area contributed by atoms with Gasteiger partial charge in [-0.15, -0.1) is 0 Å². The molecule has 4 heteroatoms. The van der Waals surface area contributed by atoms with E-state index in [4.69, 9.17) is 0 Å². The number of nitrogens with one attached hydrogen (secondary N) is 1. The van der Waals surface area contributed by atoms with Crippen LogP contribution in [0, 0.1) is 0 Å². The van der Waals surface area contributed by atoms with E-state index in [1.165, 1.54) is 0 Å². The van der Waals surface area contributed by atoms with Crippen LogP contribution in [-0.2, 0) is 6.42 Å². The van der Waals surface area contributed by atoms with Crippen LogP contribution in [0.5, 0.6) is 0 Å². The summed E-state index contributed by atoms with van der Waals surface area (Å²) in [5, 5.41) is 0. The molecule has 0 radical (unpaired) electrons. The van der Waals surface area contributed by atoms with Crippen molar-refractivity contribution in [2.75, 3.05) is 0 Å². The maximum absolute atomic E-state index is 12.5. The molecule has 2 rings (SSSR count). The zero-order chi connectivity index (χ0) is 13.4. The van der Waals surface area contributed by atoms with E-state index in [9.17, 15) is 4.79 Å². The average Bonchev–Trinajstić information content (AvgIpc) is 2.72. The molecule has 0 bridgehead atoms. The molecule has 0 aliphatic carbocycles. The lowest BCUT2D eigenvalue weighted by Gasteiger charge is -2.09. The van der Waals surface area contributed by atoms with Crippen LogP contribution < -0.4 is 5.56 Å². The van der Waals surface area contributed by atoms with E-state index in [-0.39, 0.29) is 11.5 Å². The van der Waals surface area contributed by atoms with Crippen LogP contribution in [0.2, 0.25) is 0 Å². The molecule has 18 heavy (non-hydrogen) atoms. The highest BCUT2D eigenvalue weighted by Gasteiger charge is 2.16. The molecule has 0 atom stereocenters. The SMILES string of the molecule is CCc1nc2[nH]c(C(C)C)cn2c(=O)c1C(C)C. The Morgan fingerprint density at radius 3 is 2.44 bits per heavy atom. The fourth-order valence-electron chi connectivity index (χ4n) is 2.24. The van der Waals surface area contributed by atoms with Crippen molar-refractivity contribution in [1.29, 1.82) is 0 Å². The number of hydrogen-bond acceptors (Lipinski definition) is 2. The predicted octanol–water partition coefficient (Wildman–Crippen LogP) is 2.83. The molecule has 0 saturated heterocycles. The van der Waals surface area contributed by atoms with Crippen molar-refractivity contribution in [1.82, 2.24) is 14.4 Å². The summed E-state index contributed by atoms with van der Waals surface area (Å²) in [6.45, 7) is 10.3. The number of nitrogens with zero attached hydrogens (tertiary/aromatic N) is 2. The molecule has 0 aliphatic heterocycles. The number of H-pyrrole nitrogens is 1. The molecule has 98 valence electrons. The summed E-state index contributed by atoms with van der Waals surface area (Å²) >= 11 is 0. The summed E-state index contributed by atoms with van der Waals surface area (Å²) < 4.78 is 1.64. The van der Waals surface area contributed by atoms with Gasteiger partial charge in [0.05, 0.1) is 5.69 Å². The molecule has 0 aliphatic rings. The Bertz CT molecular complexity index is 620. The number of fused-ring (bicyclic) bond motifs is 1. The third-order valence-corrected chi connectivity index (χ3v) is 3.29. The van der Waals surface area contributed by atoms with Gasteiger partial charge >= 0.3 is 0 Å². The molecule has 0 unspecified atom stereocenters. The smallest absolute Gasteiger partial charge is 0.262 e. The Balaban J connectivity index is 2.79. The fraction of sp³-hybridized carbons (Fsp3) is 0.571. The van der Waals surface area contributed by atoms with Crippen LogP contribution >= 0.6 is 0 Å². The van der Waals surface area contributed by atoms with Crippen molar-refractivity contribution in [3.8, 4) is 0 Å². The van der Waals surface area contributed by atoms with Gasteiger partial charge in [0.25, 0.3) is 5.56 Å². The summed E-state index contributed by atoms with van der Waals surface area (Å²) in [6, 6.07) is 0. The maximum Gasteiger partial charge on any atom is 0.262 e. The average molecular weight is 247 g/mol. The number of hydrogen-bond donors (Lipinski definition) is 1. The second kappa shape index (κ2) is 4.59. The lowest BCUT2D eigenvalue weighted by molar-refractivity contribution is 0.789. The normalized spacial score (nSPS) is 11.9. The summed E-state index contributed by atoms with van der Waals surface area (Å²) in [6.07, 6.45) is 2.66. The maximum atomic E-state index is 12.5. The van der Waals surface area contributed by atoms with Crippen molar-refractivity contribution in [3.05, 3.63) is 33.5 Å². The monoisotopic (exact) mass is 247 g/mol. The summed E-state index contributed by atoms with van der Waals surface area (Å²) in [4.78, 5) is 20.3. The summed E-state index contributed by atoms with van der Waals surface area (Å²) in [5.74, 6) is 1.22. The van der Waals surface area contributed by atoms with Crippen molar-refractivity contribution in [3.63, 3.8) is 0 Å². The highest BCUT2D eigenvalue weighted by Crippen LogP contribution is 2.17. The lowest BCUT2D eigenvalue weighted by Crippen LogP contribution is -2.22. The molecule has 0 saturated carbocycles. The fourth-order valence-corrected chi connectivity index (χ4v) is 2.24. The second-order valence-corrected chi connectivity index (χ2v) is 5.34. The number of aryl methyl sites for hydroxylation is 1. The molecule has 2 heterocycles. The van der Waals surface area contributed by atoms with Crippen LogP contribution in [0.1, 0.15) is 63.4 Å². The Morgan fingerprint density at radius 1 is 1.28 bits per heavy atom. The minimum Gasteiger partial charge on any atom is -0.327 e. The molecule has 0 fully saturated rings. The van der Waals surface area contributed by atoms with Gasteiger partial charge < -0.3 is 4.98 Å². The highest BCUT2D eigenvalue weighted by molar-refractivity contribution is 5.37. The first kappa shape index (κ1) is 12.9. The van der Waals surface area contributed by atoms with Crippen LogP contribution in [0.4, 0.5) is 0 Å². The van der Waals surface area contributed by atoms with Gasteiger partial charge in [0.1, 0.15) is 0 Å². The first-order valence-corrected chi connectivity index (χ1v) is 6.59. The third kappa shape index (κ3) is 1.96.